The summed E-state index contributed by atoms with van der Waals surface area (Å²) in [6.07, 6.45) is 1.49. The zero-order chi connectivity index (χ0) is 19.3. The highest BCUT2D eigenvalue weighted by Crippen LogP contribution is 2.24. The lowest BCUT2D eigenvalue weighted by molar-refractivity contribution is -0.118. The van der Waals surface area contributed by atoms with E-state index in [1.165, 1.54) is 11.5 Å². The highest BCUT2D eigenvalue weighted by atomic mass is 32.1. The van der Waals surface area contributed by atoms with Gasteiger partial charge in [-0.05, 0) is 54.4 Å². The van der Waals surface area contributed by atoms with Gasteiger partial charge in [0.05, 0.1) is 0 Å². The summed E-state index contributed by atoms with van der Waals surface area (Å²) in [7, 11) is 0. The van der Waals surface area contributed by atoms with E-state index in [4.69, 9.17) is 4.74 Å². The number of hydrogen-bond acceptors (Lipinski definition) is 6. The molecule has 0 radical (unpaired) electrons. The molecule has 0 saturated carbocycles. The minimum Gasteiger partial charge on any atom is -0.484 e. The quantitative estimate of drug-likeness (QED) is 0.693. The van der Waals surface area contributed by atoms with Gasteiger partial charge >= 0.3 is 0 Å². The number of anilines is 2. The molecule has 1 fully saturated rings. The Balaban J connectivity index is 1.29. The zero-order valence-corrected chi connectivity index (χ0v) is 15.8. The predicted octanol–water partition coefficient (Wildman–Crippen LogP) is 3.35. The second-order valence-electron chi connectivity index (χ2n) is 6.35. The molecule has 4 rings (SSSR count). The number of nitrogens with one attached hydrogen (secondary N) is 1. The molecule has 1 aliphatic heterocycles. The van der Waals surface area contributed by atoms with Crippen LogP contribution in [0.5, 0.6) is 5.75 Å². The summed E-state index contributed by atoms with van der Waals surface area (Å²) in [5, 5.41) is 8.68. The lowest BCUT2D eigenvalue weighted by Crippen LogP contribution is -2.23. The van der Waals surface area contributed by atoms with Crippen LogP contribution in [0.1, 0.15) is 12.8 Å². The van der Waals surface area contributed by atoms with Gasteiger partial charge in [0.15, 0.2) is 6.61 Å². The van der Waals surface area contributed by atoms with E-state index in [-0.39, 0.29) is 18.4 Å². The van der Waals surface area contributed by atoms with Gasteiger partial charge in [0.25, 0.3) is 5.91 Å². The number of hydrogen-bond donors (Lipinski definition) is 1. The van der Waals surface area contributed by atoms with Crippen molar-refractivity contribution in [3.63, 3.8) is 0 Å². The van der Waals surface area contributed by atoms with Gasteiger partial charge in [-0.25, -0.2) is 0 Å². The second kappa shape index (κ2) is 8.18. The Bertz CT molecular complexity index is 956. The molecule has 28 heavy (non-hydrogen) atoms. The smallest absolute Gasteiger partial charge is 0.262 e. The zero-order valence-electron chi connectivity index (χ0n) is 15.0. The fourth-order valence-electron chi connectivity index (χ4n) is 3.00. The summed E-state index contributed by atoms with van der Waals surface area (Å²) < 4.78 is 9.37. The van der Waals surface area contributed by atoms with Gasteiger partial charge in [0.2, 0.25) is 5.91 Å². The topological polar surface area (TPSA) is 84.4 Å². The molecule has 3 aromatic rings. The van der Waals surface area contributed by atoms with Crippen LogP contribution in [0.25, 0.3) is 11.3 Å². The first-order chi connectivity index (χ1) is 13.7. The average Bonchev–Trinajstić information content (AvgIpc) is 3.39. The Kier molecular flexibility index (Phi) is 5.29. The van der Waals surface area contributed by atoms with Crippen LogP contribution in [-0.2, 0) is 9.59 Å². The van der Waals surface area contributed by atoms with Crippen LogP contribution in [-0.4, -0.2) is 34.6 Å². The average molecular weight is 394 g/mol. The third-order valence-corrected chi connectivity index (χ3v) is 4.92. The van der Waals surface area contributed by atoms with E-state index in [0.717, 1.165) is 29.9 Å². The summed E-state index contributed by atoms with van der Waals surface area (Å²) >= 11 is 1.30. The maximum Gasteiger partial charge on any atom is 0.262 e. The third kappa shape index (κ3) is 4.17. The lowest BCUT2D eigenvalue weighted by atomic mass is 10.1. The van der Waals surface area contributed by atoms with Crippen LogP contribution in [0.4, 0.5) is 11.4 Å². The van der Waals surface area contributed by atoms with Crippen LogP contribution < -0.4 is 15.0 Å². The van der Waals surface area contributed by atoms with Crippen molar-refractivity contribution in [2.75, 3.05) is 23.4 Å². The molecule has 8 heteroatoms. The van der Waals surface area contributed by atoms with Crippen molar-refractivity contribution in [1.82, 2.24) is 9.59 Å². The van der Waals surface area contributed by atoms with E-state index in [1.807, 2.05) is 41.8 Å². The Morgan fingerprint density at radius 2 is 1.93 bits per heavy atom. The first-order valence-corrected chi connectivity index (χ1v) is 9.73. The highest BCUT2D eigenvalue weighted by molar-refractivity contribution is 7.03. The van der Waals surface area contributed by atoms with E-state index >= 15 is 0 Å². The van der Waals surface area contributed by atoms with Crippen molar-refractivity contribution in [2.45, 2.75) is 12.8 Å². The fraction of sp³-hybridized carbons (Fsp3) is 0.200. The molecule has 0 aliphatic carbocycles. The first-order valence-electron chi connectivity index (χ1n) is 8.89. The lowest BCUT2D eigenvalue weighted by Gasteiger charge is -2.16. The molecule has 1 aromatic heterocycles. The van der Waals surface area contributed by atoms with Crippen molar-refractivity contribution in [2.24, 2.45) is 0 Å². The fourth-order valence-corrected chi connectivity index (χ4v) is 3.47. The molecule has 0 spiro atoms. The summed E-state index contributed by atoms with van der Waals surface area (Å²) in [5.74, 6) is 0.476. The monoisotopic (exact) mass is 394 g/mol. The number of benzene rings is 2. The number of ether oxygens (including phenoxy) is 1. The van der Waals surface area contributed by atoms with E-state index in [9.17, 15) is 9.59 Å². The molecule has 0 bridgehead atoms. The van der Waals surface area contributed by atoms with Crippen molar-refractivity contribution in [3.05, 3.63) is 53.9 Å². The molecule has 2 aromatic carbocycles. The molecule has 1 saturated heterocycles. The van der Waals surface area contributed by atoms with Crippen LogP contribution in [0.2, 0.25) is 0 Å². The summed E-state index contributed by atoms with van der Waals surface area (Å²) in [5.41, 5.74) is 3.29. The third-order valence-electron chi connectivity index (χ3n) is 4.42. The number of carbonyl (C=O) groups is 2. The van der Waals surface area contributed by atoms with Crippen molar-refractivity contribution >= 4 is 34.7 Å². The molecular weight excluding hydrogens is 376 g/mol. The Labute approximate surface area is 166 Å². The van der Waals surface area contributed by atoms with Crippen LogP contribution in [0, 0.1) is 0 Å². The molecule has 2 heterocycles. The molecular formula is C20H18N4O3S. The normalized spacial score (nSPS) is 13.6. The maximum atomic E-state index is 12.1. The minimum atomic E-state index is -0.248. The first kappa shape index (κ1) is 18.1. The summed E-state index contributed by atoms with van der Waals surface area (Å²) in [4.78, 5) is 25.6. The van der Waals surface area contributed by atoms with Gasteiger partial charge in [0, 0.05) is 35.3 Å². The molecule has 1 N–H and O–H groups in total. The molecule has 0 atom stereocenters. The van der Waals surface area contributed by atoms with Gasteiger partial charge in [-0.3, -0.25) is 9.59 Å². The second-order valence-corrected chi connectivity index (χ2v) is 6.96. The number of carbonyl (C=O) groups excluding carboxylic acids is 2. The SMILES string of the molecule is O=C(COc1ccc(N2CCCC2=O)cc1)Nc1ccc(-c2csnn2)cc1. The number of rotatable bonds is 6. The standard InChI is InChI=1S/C20H18N4O3S/c25-19(21-15-5-3-14(4-6-15)18-13-28-23-22-18)12-27-17-9-7-16(8-10-17)24-11-1-2-20(24)26/h3-10,13H,1-2,11-12H2,(H,21,25). The van der Waals surface area contributed by atoms with Gasteiger partial charge in [-0.1, -0.05) is 16.6 Å². The van der Waals surface area contributed by atoms with Crippen molar-refractivity contribution in [3.8, 4) is 17.0 Å². The van der Waals surface area contributed by atoms with Crippen molar-refractivity contribution in [1.29, 1.82) is 0 Å². The van der Waals surface area contributed by atoms with Crippen LogP contribution in [0.15, 0.2) is 53.9 Å². The molecule has 7 nitrogen and oxygen atoms in total. The minimum absolute atomic E-state index is 0.0975. The molecule has 142 valence electrons. The Hall–Kier alpha value is -3.26. The maximum absolute atomic E-state index is 12.1. The molecule has 2 amide bonds. The van der Waals surface area contributed by atoms with Crippen molar-refractivity contribution < 1.29 is 14.3 Å². The highest BCUT2D eigenvalue weighted by Gasteiger charge is 2.21. The van der Waals surface area contributed by atoms with Crippen LogP contribution >= 0.6 is 11.5 Å². The summed E-state index contributed by atoms with van der Waals surface area (Å²) in [6, 6.07) is 14.6. The Morgan fingerprint density at radius 3 is 2.57 bits per heavy atom. The largest absolute Gasteiger partial charge is 0.484 e. The van der Waals surface area contributed by atoms with Gasteiger partial charge in [-0.15, -0.1) is 5.10 Å². The Morgan fingerprint density at radius 1 is 1.14 bits per heavy atom. The van der Waals surface area contributed by atoms with Crippen LogP contribution in [0.3, 0.4) is 0 Å². The number of amides is 2. The molecule has 1 aliphatic rings. The van der Waals surface area contributed by atoms with Gasteiger partial charge < -0.3 is 15.0 Å². The van der Waals surface area contributed by atoms with Gasteiger partial charge in [-0.2, -0.15) is 0 Å². The summed E-state index contributed by atoms with van der Waals surface area (Å²) in [6.45, 7) is 0.652. The predicted molar refractivity (Wildman–Crippen MR) is 107 cm³/mol. The van der Waals surface area contributed by atoms with E-state index in [2.05, 4.69) is 14.9 Å². The van der Waals surface area contributed by atoms with E-state index in [1.54, 1.807) is 17.0 Å². The molecule has 0 unspecified atom stereocenters. The number of nitrogens with zero attached hydrogens (tertiary/aromatic N) is 3. The number of aromatic nitrogens is 2. The van der Waals surface area contributed by atoms with E-state index in [0.29, 0.717) is 17.9 Å². The van der Waals surface area contributed by atoms with E-state index < -0.39 is 0 Å². The van der Waals surface area contributed by atoms with Gasteiger partial charge in [0.1, 0.15) is 11.4 Å².